The number of benzene rings is 2. The van der Waals surface area contributed by atoms with Crippen molar-refractivity contribution in [3.63, 3.8) is 0 Å². The van der Waals surface area contributed by atoms with E-state index in [9.17, 15) is 8.42 Å². The molecule has 0 amide bonds. The summed E-state index contributed by atoms with van der Waals surface area (Å²) in [6, 6.07) is 12.0. The molecule has 0 fully saturated rings. The Morgan fingerprint density at radius 2 is 1.75 bits per heavy atom. The van der Waals surface area contributed by atoms with E-state index in [0.29, 0.717) is 10.7 Å². The van der Waals surface area contributed by atoms with Crippen LogP contribution in [0.4, 0.5) is 5.69 Å². The Bertz CT molecular complexity index is 709. The van der Waals surface area contributed by atoms with Gasteiger partial charge in [-0.25, -0.2) is 8.42 Å². The van der Waals surface area contributed by atoms with Gasteiger partial charge in [-0.1, -0.05) is 36.7 Å². The second kappa shape index (κ2) is 5.85. The van der Waals surface area contributed by atoms with Crippen LogP contribution >= 0.6 is 11.6 Å². The minimum absolute atomic E-state index is 0.245. The van der Waals surface area contributed by atoms with Crippen molar-refractivity contribution in [2.45, 2.75) is 25.2 Å². The number of aryl methyl sites for hydroxylation is 2. The average Bonchev–Trinajstić information content (AvgIpc) is 2.43. The van der Waals surface area contributed by atoms with E-state index in [0.717, 1.165) is 17.5 Å². The minimum atomic E-state index is -3.59. The van der Waals surface area contributed by atoms with Gasteiger partial charge >= 0.3 is 0 Å². The molecule has 0 unspecified atom stereocenters. The fourth-order valence-corrected chi connectivity index (χ4v) is 3.11. The van der Waals surface area contributed by atoms with Crippen molar-refractivity contribution < 1.29 is 8.42 Å². The highest BCUT2D eigenvalue weighted by molar-refractivity contribution is 7.92. The van der Waals surface area contributed by atoms with Crippen molar-refractivity contribution >= 4 is 27.3 Å². The zero-order chi connectivity index (χ0) is 14.8. The van der Waals surface area contributed by atoms with Crippen LogP contribution in [-0.4, -0.2) is 8.42 Å². The molecular weight excluding hydrogens is 294 g/mol. The fraction of sp³-hybridized carbons (Fsp3) is 0.200. The molecule has 0 bridgehead atoms. The molecule has 2 aromatic rings. The van der Waals surface area contributed by atoms with Crippen LogP contribution in [0.25, 0.3) is 0 Å². The van der Waals surface area contributed by atoms with Crippen LogP contribution in [0.5, 0.6) is 0 Å². The van der Waals surface area contributed by atoms with E-state index < -0.39 is 10.0 Å². The van der Waals surface area contributed by atoms with Gasteiger partial charge in [-0.05, 0) is 48.7 Å². The molecule has 20 heavy (non-hydrogen) atoms. The van der Waals surface area contributed by atoms with Gasteiger partial charge in [0.15, 0.2) is 0 Å². The topological polar surface area (TPSA) is 46.2 Å². The Morgan fingerprint density at radius 3 is 2.35 bits per heavy atom. The monoisotopic (exact) mass is 309 g/mol. The van der Waals surface area contributed by atoms with Gasteiger partial charge in [-0.3, -0.25) is 4.72 Å². The third kappa shape index (κ3) is 3.32. The molecule has 0 saturated carbocycles. The lowest BCUT2D eigenvalue weighted by Crippen LogP contribution is -2.13. The SMILES string of the molecule is CCc1ccc(S(=O)(=O)Nc2cc(Cl)ccc2C)cc1. The molecule has 0 saturated heterocycles. The lowest BCUT2D eigenvalue weighted by Gasteiger charge is -2.11. The van der Waals surface area contributed by atoms with Crippen LogP contribution in [0.15, 0.2) is 47.4 Å². The van der Waals surface area contributed by atoms with Gasteiger partial charge in [0.25, 0.3) is 10.0 Å². The quantitative estimate of drug-likeness (QED) is 0.927. The van der Waals surface area contributed by atoms with Gasteiger partial charge in [0.05, 0.1) is 10.6 Å². The van der Waals surface area contributed by atoms with Crippen LogP contribution in [-0.2, 0) is 16.4 Å². The summed E-state index contributed by atoms with van der Waals surface area (Å²) < 4.78 is 27.2. The van der Waals surface area contributed by atoms with Crippen molar-refractivity contribution in [3.05, 3.63) is 58.6 Å². The Balaban J connectivity index is 2.32. The van der Waals surface area contributed by atoms with Gasteiger partial charge in [0.2, 0.25) is 0 Å². The molecule has 5 heteroatoms. The number of hydrogen-bond donors (Lipinski definition) is 1. The Kier molecular flexibility index (Phi) is 4.35. The van der Waals surface area contributed by atoms with Crippen LogP contribution in [0.2, 0.25) is 5.02 Å². The highest BCUT2D eigenvalue weighted by atomic mass is 35.5. The summed E-state index contributed by atoms with van der Waals surface area (Å²) in [5, 5.41) is 0.495. The first kappa shape index (κ1) is 14.9. The summed E-state index contributed by atoms with van der Waals surface area (Å²) in [5.74, 6) is 0. The smallest absolute Gasteiger partial charge is 0.261 e. The van der Waals surface area contributed by atoms with Crippen LogP contribution in [0.1, 0.15) is 18.1 Å². The van der Waals surface area contributed by atoms with Gasteiger partial charge < -0.3 is 0 Å². The van der Waals surface area contributed by atoms with Gasteiger partial charge in [-0.15, -0.1) is 0 Å². The van der Waals surface area contributed by atoms with Crippen molar-refractivity contribution in [1.29, 1.82) is 0 Å². The largest absolute Gasteiger partial charge is 0.279 e. The van der Waals surface area contributed by atoms with Gasteiger partial charge in [0.1, 0.15) is 0 Å². The number of sulfonamides is 1. The van der Waals surface area contributed by atoms with E-state index in [4.69, 9.17) is 11.6 Å². The number of nitrogens with one attached hydrogen (secondary N) is 1. The van der Waals surface area contributed by atoms with Crippen molar-refractivity contribution in [2.75, 3.05) is 4.72 Å². The Morgan fingerprint density at radius 1 is 1.10 bits per heavy atom. The van der Waals surface area contributed by atoms with Crippen LogP contribution < -0.4 is 4.72 Å². The lowest BCUT2D eigenvalue weighted by molar-refractivity contribution is 0.601. The molecule has 0 aromatic heterocycles. The first-order valence-corrected chi connectivity index (χ1v) is 8.16. The van der Waals surface area contributed by atoms with E-state index in [1.165, 1.54) is 0 Å². The van der Waals surface area contributed by atoms with Crippen molar-refractivity contribution in [1.82, 2.24) is 0 Å². The summed E-state index contributed by atoms with van der Waals surface area (Å²) in [5.41, 5.74) is 2.42. The summed E-state index contributed by atoms with van der Waals surface area (Å²) in [4.78, 5) is 0.245. The Hall–Kier alpha value is -1.52. The predicted octanol–water partition coefficient (Wildman–Crippen LogP) is 4.01. The number of rotatable bonds is 4. The molecule has 1 N–H and O–H groups in total. The first-order chi connectivity index (χ1) is 9.42. The third-order valence-corrected chi connectivity index (χ3v) is 4.70. The normalized spacial score (nSPS) is 11.3. The molecule has 2 aromatic carbocycles. The van der Waals surface area contributed by atoms with Gasteiger partial charge in [-0.2, -0.15) is 0 Å². The molecule has 0 spiro atoms. The summed E-state index contributed by atoms with van der Waals surface area (Å²) in [6.07, 6.45) is 0.876. The molecule has 3 nitrogen and oxygen atoms in total. The second-order valence-electron chi connectivity index (χ2n) is 4.56. The van der Waals surface area contributed by atoms with E-state index in [-0.39, 0.29) is 4.90 Å². The van der Waals surface area contributed by atoms with Crippen molar-refractivity contribution in [2.24, 2.45) is 0 Å². The van der Waals surface area contributed by atoms with Crippen molar-refractivity contribution in [3.8, 4) is 0 Å². The Labute approximate surface area is 124 Å². The third-order valence-electron chi connectivity index (χ3n) is 3.09. The lowest BCUT2D eigenvalue weighted by atomic mass is 10.2. The summed E-state index contributed by atoms with van der Waals surface area (Å²) >= 11 is 5.90. The zero-order valence-corrected chi connectivity index (χ0v) is 12.9. The second-order valence-corrected chi connectivity index (χ2v) is 6.68. The average molecular weight is 310 g/mol. The van der Waals surface area contributed by atoms with Crippen LogP contribution in [0, 0.1) is 6.92 Å². The molecule has 0 atom stereocenters. The van der Waals surface area contributed by atoms with E-state index >= 15 is 0 Å². The standard InChI is InChI=1S/C15H16ClNO2S/c1-3-12-5-8-14(9-6-12)20(18,19)17-15-10-13(16)7-4-11(15)2/h4-10,17H,3H2,1-2H3. The summed E-state index contributed by atoms with van der Waals surface area (Å²) in [7, 11) is -3.59. The highest BCUT2D eigenvalue weighted by Gasteiger charge is 2.15. The fourth-order valence-electron chi connectivity index (χ4n) is 1.81. The molecule has 0 aliphatic carbocycles. The predicted molar refractivity (Wildman–Crippen MR) is 82.8 cm³/mol. The maximum Gasteiger partial charge on any atom is 0.261 e. The molecule has 0 aliphatic heterocycles. The molecule has 0 heterocycles. The molecule has 0 aliphatic rings. The maximum absolute atomic E-state index is 12.3. The number of hydrogen-bond acceptors (Lipinski definition) is 2. The molecule has 0 radical (unpaired) electrons. The first-order valence-electron chi connectivity index (χ1n) is 6.30. The summed E-state index contributed by atoms with van der Waals surface area (Å²) in [6.45, 7) is 3.85. The van der Waals surface area contributed by atoms with E-state index in [1.54, 1.807) is 30.3 Å². The number of halogens is 1. The molecule has 2 rings (SSSR count). The van der Waals surface area contributed by atoms with Gasteiger partial charge in [0, 0.05) is 5.02 Å². The highest BCUT2D eigenvalue weighted by Crippen LogP contribution is 2.23. The van der Waals surface area contributed by atoms with Crippen LogP contribution in [0.3, 0.4) is 0 Å². The van der Waals surface area contributed by atoms with E-state index in [1.807, 2.05) is 26.0 Å². The minimum Gasteiger partial charge on any atom is -0.279 e. The molecular formula is C15H16ClNO2S. The molecule has 106 valence electrons. The maximum atomic E-state index is 12.3. The van der Waals surface area contributed by atoms with E-state index in [2.05, 4.69) is 4.72 Å². The number of anilines is 1. The zero-order valence-electron chi connectivity index (χ0n) is 11.4.